The average molecular weight is 449 g/mol. The van der Waals surface area contributed by atoms with Crippen molar-refractivity contribution in [1.29, 1.82) is 0 Å². The highest BCUT2D eigenvalue weighted by atomic mass is 16.5. The number of phenols is 1. The first-order chi connectivity index (χ1) is 16.7. The highest BCUT2D eigenvalue weighted by Crippen LogP contribution is 2.25. The van der Waals surface area contributed by atoms with Crippen molar-refractivity contribution in [1.82, 2.24) is 25.6 Å². The van der Waals surface area contributed by atoms with Gasteiger partial charge in [-0.15, -0.1) is 5.10 Å². The maximum absolute atomic E-state index is 12.7. The Balaban J connectivity index is 1.28. The van der Waals surface area contributed by atoms with E-state index in [0.717, 1.165) is 22.2 Å². The summed E-state index contributed by atoms with van der Waals surface area (Å²) in [5.41, 5.74) is 3.28. The number of para-hydroxylation sites is 1. The van der Waals surface area contributed by atoms with Crippen LogP contribution in [0.3, 0.4) is 0 Å². The number of H-pyrrole nitrogens is 1. The lowest BCUT2D eigenvalue weighted by Gasteiger charge is -2.07. The van der Waals surface area contributed by atoms with Gasteiger partial charge < -0.3 is 9.84 Å². The fourth-order valence-electron chi connectivity index (χ4n) is 3.48. The quantitative estimate of drug-likeness (QED) is 0.276. The molecule has 0 radical (unpaired) electrons. The third-order valence-corrected chi connectivity index (χ3v) is 5.21. The van der Waals surface area contributed by atoms with Crippen LogP contribution in [0.4, 0.5) is 0 Å². The van der Waals surface area contributed by atoms with E-state index in [4.69, 9.17) is 4.74 Å². The van der Waals surface area contributed by atoms with Crippen molar-refractivity contribution < 1.29 is 14.6 Å². The van der Waals surface area contributed by atoms with Gasteiger partial charge in [0.2, 0.25) is 0 Å². The van der Waals surface area contributed by atoms with Crippen LogP contribution in [0, 0.1) is 0 Å². The summed E-state index contributed by atoms with van der Waals surface area (Å²) in [6.07, 6.45) is 3.08. The van der Waals surface area contributed by atoms with Gasteiger partial charge in [-0.2, -0.15) is 0 Å². The molecule has 0 fully saturated rings. The van der Waals surface area contributed by atoms with Crippen molar-refractivity contribution in [3.63, 3.8) is 0 Å². The van der Waals surface area contributed by atoms with Crippen LogP contribution in [-0.2, 0) is 6.61 Å². The zero-order chi connectivity index (χ0) is 23.3. The minimum Gasteiger partial charge on any atom is -0.507 e. The number of nitrogens with zero attached hydrogens (tertiary/aromatic N) is 4. The number of pyridine rings is 1. The van der Waals surface area contributed by atoms with Crippen LogP contribution in [0.2, 0.25) is 0 Å². The van der Waals surface area contributed by atoms with Crippen molar-refractivity contribution in [3.8, 4) is 22.9 Å². The maximum atomic E-state index is 12.7. The monoisotopic (exact) mass is 449 g/mol. The lowest BCUT2D eigenvalue weighted by atomic mass is 10.0. The molecule has 2 aromatic heterocycles. The van der Waals surface area contributed by atoms with Gasteiger partial charge in [-0.1, -0.05) is 42.5 Å². The highest BCUT2D eigenvalue weighted by molar-refractivity contribution is 6.09. The summed E-state index contributed by atoms with van der Waals surface area (Å²) in [7, 11) is 0. The molecular weight excluding hydrogens is 430 g/mol. The molecule has 2 heterocycles. The summed E-state index contributed by atoms with van der Waals surface area (Å²) in [5, 5.41) is 24.7. The Labute approximate surface area is 194 Å². The predicted molar refractivity (Wildman–Crippen MR) is 127 cm³/mol. The van der Waals surface area contributed by atoms with E-state index in [0.29, 0.717) is 23.7 Å². The van der Waals surface area contributed by atoms with Gasteiger partial charge in [0.1, 0.15) is 18.1 Å². The van der Waals surface area contributed by atoms with E-state index >= 15 is 0 Å². The maximum Gasteiger partial charge on any atom is 0.189 e. The fraction of sp³-hybridized carbons (Fsp3) is 0.0385. The van der Waals surface area contributed by atoms with Crippen LogP contribution in [0.1, 0.15) is 21.6 Å². The number of carbonyl (C=O) groups is 1. The van der Waals surface area contributed by atoms with E-state index in [-0.39, 0.29) is 17.1 Å². The van der Waals surface area contributed by atoms with E-state index in [1.54, 1.807) is 18.2 Å². The summed E-state index contributed by atoms with van der Waals surface area (Å²) >= 11 is 0. The van der Waals surface area contributed by atoms with Crippen LogP contribution in [0.15, 0.2) is 84.9 Å². The minimum atomic E-state index is -0.349. The number of phenolic OH excluding ortho intramolecular Hbond substituents is 1. The highest BCUT2D eigenvalue weighted by Gasteiger charge is 2.12. The Bertz CT molecular complexity index is 1500. The number of ether oxygens (including phenoxy) is 1. The molecule has 3 aromatic carbocycles. The third-order valence-electron chi connectivity index (χ3n) is 5.21. The molecule has 5 rings (SSSR count). The second kappa shape index (κ2) is 9.33. The molecule has 2 N–H and O–H groups in total. The van der Waals surface area contributed by atoms with Gasteiger partial charge in [-0.05, 0) is 64.5 Å². The first-order valence-electron chi connectivity index (χ1n) is 10.5. The molecular formula is C26H19N5O3. The van der Waals surface area contributed by atoms with Crippen molar-refractivity contribution in [2.24, 2.45) is 0 Å². The average Bonchev–Trinajstić information content (AvgIpc) is 3.41. The summed E-state index contributed by atoms with van der Waals surface area (Å²) < 4.78 is 5.91. The predicted octanol–water partition coefficient (Wildman–Crippen LogP) is 4.60. The Hall–Kier alpha value is -4.85. The molecule has 0 aliphatic heterocycles. The number of aromatic nitrogens is 5. The number of hydrogen-bond acceptors (Lipinski definition) is 7. The van der Waals surface area contributed by atoms with E-state index < -0.39 is 0 Å². The molecule has 8 nitrogen and oxygen atoms in total. The van der Waals surface area contributed by atoms with Gasteiger partial charge in [0.05, 0.1) is 16.8 Å². The largest absolute Gasteiger partial charge is 0.507 e. The molecule has 0 bridgehead atoms. The molecule has 0 spiro atoms. The Kier molecular flexibility index (Phi) is 5.77. The summed E-state index contributed by atoms with van der Waals surface area (Å²) in [6, 6.07) is 23.9. The zero-order valence-electron chi connectivity index (χ0n) is 17.9. The number of rotatable bonds is 7. The molecule has 34 heavy (non-hydrogen) atoms. The Morgan fingerprint density at radius 2 is 1.91 bits per heavy atom. The zero-order valence-corrected chi connectivity index (χ0v) is 17.9. The Morgan fingerprint density at radius 1 is 1.00 bits per heavy atom. The number of nitrogens with one attached hydrogen (secondary N) is 1. The van der Waals surface area contributed by atoms with Gasteiger partial charge in [-0.25, -0.2) is 10.1 Å². The molecule has 0 aliphatic carbocycles. The van der Waals surface area contributed by atoms with Crippen molar-refractivity contribution >= 4 is 22.8 Å². The van der Waals surface area contributed by atoms with Crippen LogP contribution in [0.25, 0.3) is 28.4 Å². The Morgan fingerprint density at radius 3 is 2.79 bits per heavy atom. The van der Waals surface area contributed by atoms with Gasteiger partial charge >= 0.3 is 0 Å². The molecule has 0 saturated carbocycles. The fourth-order valence-corrected chi connectivity index (χ4v) is 3.48. The number of aromatic amines is 1. The summed E-state index contributed by atoms with van der Waals surface area (Å²) in [5.74, 6) is 0.598. The van der Waals surface area contributed by atoms with Gasteiger partial charge in [0, 0.05) is 10.9 Å². The number of aromatic hydroxyl groups is 1. The lowest BCUT2D eigenvalue weighted by molar-refractivity contribution is 0.104. The van der Waals surface area contributed by atoms with Gasteiger partial charge in [-0.3, -0.25) is 4.79 Å². The smallest absolute Gasteiger partial charge is 0.189 e. The van der Waals surface area contributed by atoms with Crippen LogP contribution in [0.5, 0.6) is 11.5 Å². The molecule has 8 heteroatoms. The van der Waals surface area contributed by atoms with Crippen molar-refractivity contribution in [3.05, 3.63) is 102 Å². The molecule has 0 saturated heterocycles. The number of hydrogen-bond donors (Lipinski definition) is 2. The first-order valence-corrected chi connectivity index (χ1v) is 10.5. The summed E-state index contributed by atoms with van der Waals surface area (Å²) in [6.45, 7) is 0.327. The van der Waals surface area contributed by atoms with Gasteiger partial charge in [0.15, 0.2) is 11.6 Å². The number of fused-ring (bicyclic) bond motifs is 1. The van der Waals surface area contributed by atoms with E-state index in [9.17, 15) is 9.90 Å². The standard InChI is InChI=1S/C26H19N5O3/c32-24(22-15-19(10-13-25(22)33)26-28-30-31-29-26)12-8-17-4-3-6-21(14-17)34-16-20-11-9-18-5-1-2-7-23(18)27-20/h1-15,33H,16H2,(H,28,29,30,31). The number of benzene rings is 3. The van der Waals surface area contributed by atoms with Gasteiger partial charge in [0.25, 0.3) is 0 Å². The van der Waals surface area contributed by atoms with E-state index in [1.807, 2.05) is 60.7 Å². The SMILES string of the molecule is O=C(C=Cc1cccc(OCc2ccc3ccccc3n2)c1)c1cc(-c2nnn[nH]2)ccc1O. The van der Waals surface area contributed by atoms with Crippen LogP contribution in [-0.4, -0.2) is 36.5 Å². The molecule has 0 amide bonds. The molecule has 0 aliphatic rings. The topological polar surface area (TPSA) is 114 Å². The molecule has 5 aromatic rings. The molecule has 0 atom stereocenters. The molecule has 166 valence electrons. The van der Waals surface area contributed by atoms with Crippen molar-refractivity contribution in [2.75, 3.05) is 0 Å². The minimum absolute atomic E-state index is 0.120. The van der Waals surface area contributed by atoms with Crippen LogP contribution >= 0.6 is 0 Å². The molecule has 0 unspecified atom stereocenters. The van der Waals surface area contributed by atoms with Crippen molar-refractivity contribution in [2.45, 2.75) is 6.61 Å². The third kappa shape index (κ3) is 4.66. The number of tetrazole rings is 1. The summed E-state index contributed by atoms with van der Waals surface area (Å²) in [4.78, 5) is 17.3. The number of carbonyl (C=O) groups excluding carboxylic acids is 1. The number of allylic oxidation sites excluding steroid dienone is 1. The lowest BCUT2D eigenvalue weighted by Crippen LogP contribution is -1.98. The second-order valence-electron chi connectivity index (χ2n) is 7.54. The van der Waals surface area contributed by atoms with E-state index in [2.05, 4.69) is 25.6 Å². The van der Waals surface area contributed by atoms with Crippen LogP contribution < -0.4 is 4.74 Å². The normalized spacial score (nSPS) is 11.2. The van der Waals surface area contributed by atoms with E-state index in [1.165, 1.54) is 12.1 Å². The second-order valence-corrected chi connectivity index (χ2v) is 7.54. The first kappa shape index (κ1) is 21.0. The number of ketones is 1.